The molecule has 0 aliphatic carbocycles. The van der Waals surface area contributed by atoms with Crippen LogP contribution in [-0.4, -0.2) is 59.0 Å². The fourth-order valence-corrected chi connectivity index (χ4v) is 3.18. The molecule has 0 aromatic heterocycles. The number of piperidine rings is 1. The zero-order valence-electron chi connectivity index (χ0n) is 11.8. The van der Waals surface area contributed by atoms with Crippen LogP contribution in [0.4, 0.5) is 0 Å². The molecule has 0 aromatic rings. The molecule has 3 atom stereocenters. The maximum atomic E-state index is 12.4. The minimum Gasteiger partial charge on any atom is -0.481 e. The van der Waals surface area contributed by atoms with Crippen molar-refractivity contribution in [2.75, 3.05) is 26.2 Å². The number of carboxylic acid groups (broad SMARTS) is 1. The molecular weight excluding hydrogens is 244 g/mol. The van der Waals surface area contributed by atoms with E-state index in [1.807, 2.05) is 23.6 Å². The number of likely N-dealkylation sites (tertiary alicyclic amines) is 2. The highest BCUT2D eigenvalue weighted by Crippen LogP contribution is 2.25. The van der Waals surface area contributed by atoms with Crippen LogP contribution < -0.4 is 0 Å². The maximum Gasteiger partial charge on any atom is 0.308 e. The van der Waals surface area contributed by atoms with Crippen LogP contribution in [0.1, 0.15) is 33.1 Å². The molecule has 0 spiro atoms. The van der Waals surface area contributed by atoms with Crippen LogP contribution >= 0.6 is 0 Å². The molecule has 1 amide bonds. The lowest BCUT2D eigenvalue weighted by atomic mass is 9.99. The first kappa shape index (κ1) is 14.3. The second kappa shape index (κ2) is 5.90. The van der Waals surface area contributed by atoms with Gasteiger partial charge in [-0.15, -0.1) is 0 Å². The van der Waals surface area contributed by atoms with Crippen LogP contribution in [0.5, 0.6) is 0 Å². The van der Waals surface area contributed by atoms with Crippen molar-refractivity contribution in [3.8, 4) is 0 Å². The molecule has 2 fully saturated rings. The van der Waals surface area contributed by atoms with E-state index < -0.39 is 5.97 Å². The summed E-state index contributed by atoms with van der Waals surface area (Å²) in [5.41, 5.74) is 0. The summed E-state index contributed by atoms with van der Waals surface area (Å²) in [6, 6.07) is -0.190. The summed E-state index contributed by atoms with van der Waals surface area (Å²) in [5.74, 6) is -0.795. The molecule has 108 valence electrons. The molecule has 19 heavy (non-hydrogen) atoms. The van der Waals surface area contributed by atoms with Crippen molar-refractivity contribution in [3.05, 3.63) is 0 Å². The SMILES string of the molecule is CC1CN(C(C)C(=O)N2CCCCC2)CC1C(=O)O. The Labute approximate surface area is 114 Å². The normalized spacial score (nSPS) is 30.3. The number of carboxylic acids is 1. The smallest absolute Gasteiger partial charge is 0.308 e. The van der Waals surface area contributed by atoms with Crippen LogP contribution in [0, 0.1) is 11.8 Å². The Balaban J connectivity index is 1.94. The van der Waals surface area contributed by atoms with Crippen LogP contribution in [-0.2, 0) is 9.59 Å². The number of amides is 1. The number of hydrogen-bond acceptors (Lipinski definition) is 3. The molecule has 1 N–H and O–H groups in total. The average Bonchev–Trinajstić information content (AvgIpc) is 2.80. The summed E-state index contributed by atoms with van der Waals surface area (Å²) >= 11 is 0. The Hall–Kier alpha value is -1.10. The van der Waals surface area contributed by atoms with E-state index in [9.17, 15) is 9.59 Å². The number of rotatable bonds is 3. The third-order valence-corrected chi connectivity index (χ3v) is 4.53. The third-order valence-electron chi connectivity index (χ3n) is 4.53. The van der Waals surface area contributed by atoms with Gasteiger partial charge in [-0.05, 0) is 32.1 Å². The van der Waals surface area contributed by atoms with E-state index in [4.69, 9.17) is 5.11 Å². The lowest BCUT2D eigenvalue weighted by Gasteiger charge is -2.32. The second-order valence-electron chi connectivity index (χ2n) is 5.94. The van der Waals surface area contributed by atoms with E-state index in [1.165, 1.54) is 6.42 Å². The first-order valence-electron chi connectivity index (χ1n) is 7.26. The van der Waals surface area contributed by atoms with Crippen molar-refractivity contribution in [1.82, 2.24) is 9.80 Å². The molecule has 2 saturated heterocycles. The van der Waals surface area contributed by atoms with Crippen LogP contribution in [0.3, 0.4) is 0 Å². The van der Waals surface area contributed by atoms with Gasteiger partial charge in [-0.1, -0.05) is 6.92 Å². The molecule has 2 heterocycles. The van der Waals surface area contributed by atoms with Crippen LogP contribution in [0.2, 0.25) is 0 Å². The molecular formula is C14H24N2O3. The maximum absolute atomic E-state index is 12.4. The Bertz CT molecular complexity index is 353. The molecule has 2 aliphatic heterocycles. The average molecular weight is 268 g/mol. The largest absolute Gasteiger partial charge is 0.481 e. The Morgan fingerprint density at radius 3 is 2.32 bits per heavy atom. The second-order valence-corrected chi connectivity index (χ2v) is 5.94. The van der Waals surface area contributed by atoms with Gasteiger partial charge in [-0.2, -0.15) is 0 Å². The number of aliphatic carboxylic acids is 1. The minimum atomic E-state index is -0.743. The van der Waals surface area contributed by atoms with Gasteiger partial charge in [0.15, 0.2) is 0 Å². The number of carbonyl (C=O) groups excluding carboxylic acids is 1. The quantitative estimate of drug-likeness (QED) is 0.831. The number of carbonyl (C=O) groups is 2. The summed E-state index contributed by atoms with van der Waals surface area (Å²) in [6.07, 6.45) is 3.39. The van der Waals surface area contributed by atoms with E-state index >= 15 is 0 Å². The summed E-state index contributed by atoms with van der Waals surface area (Å²) in [7, 11) is 0. The van der Waals surface area contributed by atoms with Gasteiger partial charge in [0, 0.05) is 26.2 Å². The summed E-state index contributed by atoms with van der Waals surface area (Å²) in [6.45, 7) is 6.78. The Morgan fingerprint density at radius 1 is 1.16 bits per heavy atom. The van der Waals surface area contributed by atoms with Gasteiger partial charge in [0.05, 0.1) is 12.0 Å². The van der Waals surface area contributed by atoms with Crippen molar-refractivity contribution in [2.45, 2.75) is 39.2 Å². The standard InChI is InChI=1S/C14H24N2O3/c1-10-8-16(9-12(10)14(18)19)11(2)13(17)15-6-4-3-5-7-15/h10-12H,3-9H2,1-2H3,(H,18,19). The van der Waals surface area contributed by atoms with Gasteiger partial charge in [-0.3, -0.25) is 14.5 Å². The van der Waals surface area contributed by atoms with Gasteiger partial charge >= 0.3 is 5.97 Å². The first-order chi connectivity index (χ1) is 9.00. The molecule has 0 aromatic carbocycles. The van der Waals surface area contributed by atoms with E-state index in [2.05, 4.69) is 0 Å². The Morgan fingerprint density at radius 2 is 1.79 bits per heavy atom. The highest BCUT2D eigenvalue weighted by molar-refractivity contribution is 5.82. The van der Waals surface area contributed by atoms with E-state index in [-0.39, 0.29) is 23.8 Å². The summed E-state index contributed by atoms with van der Waals surface area (Å²) < 4.78 is 0. The van der Waals surface area contributed by atoms with E-state index in [0.29, 0.717) is 13.1 Å². The zero-order chi connectivity index (χ0) is 14.0. The van der Waals surface area contributed by atoms with Crippen molar-refractivity contribution >= 4 is 11.9 Å². The highest BCUT2D eigenvalue weighted by atomic mass is 16.4. The van der Waals surface area contributed by atoms with Gasteiger partial charge in [-0.25, -0.2) is 0 Å². The van der Waals surface area contributed by atoms with Crippen molar-refractivity contribution in [1.29, 1.82) is 0 Å². The van der Waals surface area contributed by atoms with Gasteiger partial charge in [0.25, 0.3) is 0 Å². The van der Waals surface area contributed by atoms with Gasteiger partial charge in [0.2, 0.25) is 5.91 Å². The summed E-state index contributed by atoms with van der Waals surface area (Å²) in [5, 5.41) is 9.15. The predicted octanol–water partition coefficient (Wildman–Crippen LogP) is 1.04. The van der Waals surface area contributed by atoms with E-state index in [0.717, 1.165) is 25.9 Å². The predicted molar refractivity (Wildman–Crippen MR) is 71.8 cm³/mol. The van der Waals surface area contributed by atoms with Crippen LogP contribution in [0.15, 0.2) is 0 Å². The number of nitrogens with zero attached hydrogens (tertiary/aromatic N) is 2. The molecule has 0 radical (unpaired) electrons. The lowest BCUT2D eigenvalue weighted by molar-refractivity contribution is -0.143. The van der Waals surface area contributed by atoms with Gasteiger partial charge < -0.3 is 10.0 Å². The van der Waals surface area contributed by atoms with Crippen LogP contribution in [0.25, 0.3) is 0 Å². The highest BCUT2D eigenvalue weighted by Gasteiger charge is 2.39. The van der Waals surface area contributed by atoms with Crippen molar-refractivity contribution < 1.29 is 14.7 Å². The molecule has 3 unspecified atom stereocenters. The fraction of sp³-hybridized carbons (Fsp3) is 0.857. The molecule has 0 bridgehead atoms. The fourth-order valence-electron chi connectivity index (χ4n) is 3.18. The first-order valence-corrected chi connectivity index (χ1v) is 7.26. The Kier molecular flexibility index (Phi) is 4.45. The third kappa shape index (κ3) is 3.08. The zero-order valence-corrected chi connectivity index (χ0v) is 11.8. The summed E-state index contributed by atoms with van der Waals surface area (Å²) in [4.78, 5) is 27.5. The minimum absolute atomic E-state index is 0.120. The topological polar surface area (TPSA) is 60.9 Å². The number of hydrogen-bond donors (Lipinski definition) is 1. The molecule has 5 heteroatoms. The van der Waals surface area contributed by atoms with Crippen molar-refractivity contribution in [2.24, 2.45) is 11.8 Å². The van der Waals surface area contributed by atoms with E-state index in [1.54, 1.807) is 0 Å². The van der Waals surface area contributed by atoms with Crippen molar-refractivity contribution in [3.63, 3.8) is 0 Å². The monoisotopic (exact) mass is 268 g/mol. The molecule has 2 rings (SSSR count). The molecule has 0 saturated carbocycles. The van der Waals surface area contributed by atoms with Gasteiger partial charge in [0.1, 0.15) is 0 Å². The molecule has 5 nitrogen and oxygen atoms in total. The lowest BCUT2D eigenvalue weighted by Crippen LogP contribution is -2.48. The molecule has 2 aliphatic rings.